The van der Waals surface area contributed by atoms with Gasteiger partial charge in [0.25, 0.3) is 0 Å². The molecule has 0 bridgehead atoms. The Bertz CT molecular complexity index is 243. The van der Waals surface area contributed by atoms with Crippen molar-refractivity contribution >= 4 is 5.91 Å². The fourth-order valence-corrected chi connectivity index (χ4v) is 2.68. The Labute approximate surface area is 94.0 Å². The minimum absolute atomic E-state index is 0.0209. The van der Waals surface area contributed by atoms with E-state index in [0.717, 1.165) is 25.8 Å². The minimum Gasteiger partial charge on any atom is -0.338 e. The molecule has 0 atom stereocenters. The third-order valence-corrected chi connectivity index (χ3v) is 3.67. The van der Waals surface area contributed by atoms with Gasteiger partial charge in [-0.05, 0) is 32.1 Å². The zero-order valence-corrected chi connectivity index (χ0v) is 10.9. The van der Waals surface area contributed by atoms with Crippen LogP contribution in [0, 0.1) is 5.41 Å². The van der Waals surface area contributed by atoms with Gasteiger partial charge in [0.2, 0.25) is 5.91 Å². The van der Waals surface area contributed by atoms with E-state index in [1.54, 1.807) is 0 Å². The molecule has 1 amide bonds. The average Bonchev–Trinajstić information content (AvgIpc) is 2.50. The van der Waals surface area contributed by atoms with Crippen LogP contribution in [0.5, 0.6) is 0 Å². The first kappa shape index (κ1) is 12.5. The molecule has 15 heavy (non-hydrogen) atoms. The van der Waals surface area contributed by atoms with Crippen LogP contribution in [0.2, 0.25) is 0 Å². The van der Waals surface area contributed by atoms with E-state index in [4.69, 9.17) is 0 Å². The smallest absolute Gasteiger partial charge is 0.223 e. The van der Waals surface area contributed by atoms with Crippen molar-refractivity contribution in [1.29, 1.82) is 0 Å². The molecular formula is C13H25NO. The predicted octanol–water partition coefficient (Wildman–Crippen LogP) is 3.21. The maximum Gasteiger partial charge on any atom is 0.223 e. The fourth-order valence-electron chi connectivity index (χ4n) is 2.68. The molecule has 0 saturated carbocycles. The molecule has 0 spiro atoms. The summed E-state index contributed by atoms with van der Waals surface area (Å²) in [5.74, 6) is 0.340. The van der Waals surface area contributed by atoms with Gasteiger partial charge >= 0.3 is 0 Å². The summed E-state index contributed by atoms with van der Waals surface area (Å²) < 4.78 is 0. The summed E-state index contributed by atoms with van der Waals surface area (Å²) in [4.78, 5) is 13.8. The first-order valence-electron chi connectivity index (χ1n) is 6.09. The van der Waals surface area contributed by atoms with Gasteiger partial charge in [0.15, 0.2) is 0 Å². The summed E-state index contributed by atoms with van der Waals surface area (Å²) in [6.45, 7) is 12.2. The van der Waals surface area contributed by atoms with Crippen LogP contribution < -0.4 is 0 Å². The molecule has 1 heterocycles. The van der Waals surface area contributed by atoms with Gasteiger partial charge in [-0.15, -0.1) is 0 Å². The second kappa shape index (κ2) is 4.15. The maximum atomic E-state index is 11.7. The summed E-state index contributed by atoms with van der Waals surface area (Å²) in [5, 5.41) is 0. The van der Waals surface area contributed by atoms with E-state index in [0.29, 0.717) is 11.3 Å². The molecule has 0 aromatic heterocycles. The molecule has 1 fully saturated rings. The van der Waals surface area contributed by atoms with Crippen molar-refractivity contribution in [3.63, 3.8) is 0 Å². The van der Waals surface area contributed by atoms with Crippen LogP contribution in [-0.4, -0.2) is 22.9 Å². The summed E-state index contributed by atoms with van der Waals surface area (Å²) in [6.07, 6.45) is 4.03. The third kappa shape index (κ3) is 2.96. The maximum absolute atomic E-state index is 11.7. The fraction of sp³-hybridized carbons (Fsp3) is 0.923. The van der Waals surface area contributed by atoms with E-state index in [9.17, 15) is 4.79 Å². The van der Waals surface area contributed by atoms with Crippen LogP contribution in [0.4, 0.5) is 0 Å². The number of hydrogen-bond donors (Lipinski definition) is 0. The molecule has 1 rings (SSSR count). The van der Waals surface area contributed by atoms with E-state index in [1.807, 2.05) is 0 Å². The lowest BCUT2D eigenvalue weighted by atomic mass is 9.77. The SMILES string of the molecule is CCC(C)(C)CC(C)(C)N1CCCC1=O. The van der Waals surface area contributed by atoms with Gasteiger partial charge in [-0.25, -0.2) is 0 Å². The van der Waals surface area contributed by atoms with E-state index in [2.05, 4.69) is 39.5 Å². The number of carbonyl (C=O) groups is 1. The van der Waals surface area contributed by atoms with Gasteiger partial charge in [-0.2, -0.15) is 0 Å². The van der Waals surface area contributed by atoms with Gasteiger partial charge in [0, 0.05) is 18.5 Å². The Morgan fingerprint density at radius 3 is 2.27 bits per heavy atom. The quantitative estimate of drug-likeness (QED) is 0.699. The van der Waals surface area contributed by atoms with Crippen LogP contribution in [0.1, 0.15) is 60.3 Å². The molecular weight excluding hydrogens is 186 g/mol. The topological polar surface area (TPSA) is 20.3 Å². The number of nitrogens with zero attached hydrogens (tertiary/aromatic N) is 1. The summed E-state index contributed by atoms with van der Waals surface area (Å²) >= 11 is 0. The van der Waals surface area contributed by atoms with Crippen molar-refractivity contribution in [1.82, 2.24) is 4.90 Å². The largest absolute Gasteiger partial charge is 0.338 e. The van der Waals surface area contributed by atoms with Crippen molar-refractivity contribution in [3.05, 3.63) is 0 Å². The Morgan fingerprint density at radius 2 is 1.87 bits per heavy atom. The molecule has 0 unspecified atom stereocenters. The Morgan fingerprint density at radius 1 is 1.27 bits per heavy atom. The molecule has 0 aromatic carbocycles. The highest BCUT2D eigenvalue weighted by molar-refractivity contribution is 5.78. The molecule has 2 heteroatoms. The van der Waals surface area contributed by atoms with Crippen LogP contribution in [-0.2, 0) is 4.79 Å². The first-order valence-corrected chi connectivity index (χ1v) is 6.09. The molecule has 88 valence electrons. The van der Waals surface area contributed by atoms with E-state index in [1.165, 1.54) is 6.42 Å². The van der Waals surface area contributed by atoms with Gasteiger partial charge < -0.3 is 4.90 Å². The average molecular weight is 211 g/mol. The molecule has 0 aromatic rings. The summed E-state index contributed by atoms with van der Waals surface area (Å²) in [7, 11) is 0. The van der Waals surface area contributed by atoms with Crippen molar-refractivity contribution < 1.29 is 4.79 Å². The van der Waals surface area contributed by atoms with E-state index < -0.39 is 0 Å². The number of likely N-dealkylation sites (tertiary alicyclic amines) is 1. The molecule has 1 aliphatic heterocycles. The van der Waals surface area contributed by atoms with Gasteiger partial charge in [-0.1, -0.05) is 27.2 Å². The lowest BCUT2D eigenvalue weighted by Crippen LogP contribution is -2.47. The zero-order valence-electron chi connectivity index (χ0n) is 10.9. The number of carbonyl (C=O) groups excluding carboxylic acids is 1. The molecule has 1 saturated heterocycles. The third-order valence-electron chi connectivity index (χ3n) is 3.67. The summed E-state index contributed by atoms with van der Waals surface area (Å²) in [5.41, 5.74) is 0.347. The lowest BCUT2D eigenvalue weighted by molar-refractivity contribution is -0.133. The second-order valence-electron chi connectivity index (χ2n) is 6.16. The highest BCUT2D eigenvalue weighted by Crippen LogP contribution is 2.35. The second-order valence-corrected chi connectivity index (χ2v) is 6.16. The van der Waals surface area contributed by atoms with Crippen molar-refractivity contribution in [2.75, 3.05) is 6.54 Å². The Balaban J connectivity index is 2.69. The summed E-state index contributed by atoms with van der Waals surface area (Å²) in [6, 6.07) is 0. The lowest BCUT2D eigenvalue weighted by Gasteiger charge is -2.41. The van der Waals surface area contributed by atoms with Crippen LogP contribution >= 0.6 is 0 Å². The molecule has 0 aliphatic carbocycles. The van der Waals surface area contributed by atoms with Crippen LogP contribution in [0.25, 0.3) is 0 Å². The number of hydrogen-bond acceptors (Lipinski definition) is 1. The Kier molecular flexibility index (Phi) is 3.47. The standard InChI is InChI=1S/C13H25NO/c1-6-12(2,3)10-13(4,5)14-9-7-8-11(14)15/h6-10H2,1-5H3. The predicted molar refractivity (Wildman–Crippen MR) is 63.7 cm³/mol. The minimum atomic E-state index is 0.0209. The normalized spacial score (nSPS) is 18.7. The van der Waals surface area contributed by atoms with Gasteiger partial charge in [-0.3, -0.25) is 4.79 Å². The van der Waals surface area contributed by atoms with Gasteiger partial charge in [0.05, 0.1) is 0 Å². The van der Waals surface area contributed by atoms with Crippen LogP contribution in [0.3, 0.4) is 0 Å². The van der Waals surface area contributed by atoms with E-state index >= 15 is 0 Å². The molecule has 2 nitrogen and oxygen atoms in total. The molecule has 1 aliphatic rings. The van der Waals surface area contributed by atoms with Crippen molar-refractivity contribution in [2.45, 2.75) is 65.8 Å². The highest BCUT2D eigenvalue weighted by atomic mass is 16.2. The monoisotopic (exact) mass is 211 g/mol. The number of amides is 1. The van der Waals surface area contributed by atoms with Gasteiger partial charge in [0.1, 0.15) is 0 Å². The van der Waals surface area contributed by atoms with E-state index in [-0.39, 0.29) is 5.54 Å². The zero-order chi connectivity index (χ0) is 11.7. The number of rotatable bonds is 4. The van der Waals surface area contributed by atoms with Crippen molar-refractivity contribution in [2.24, 2.45) is 5.41 Å². The highest BCUT2D eigenvalue weighted by Gasteiger charge is 2.37. The molecule has 0 N–H and O–H groups in total. The Hall–Kier alpha value is -0.530. The first-order chi connectivity index (χ1) is 6.78. The molecule has 0 radical (unpaired) electrons. The van der Waals surface area contributed by atoms with Crippen LogP contribution in [0.15, 0.2) is 0 Å². The van der Waals surface area contributed by atoms with Crippen molar-refractivity contribution in [3.8, 4) is 0 Å².